The van der Waals surface area contributed by atoms with Crippen LogP contribution in [0.4, 0.5) is 0 Å². The molecule has 0 radical (unpaired) electrons. The fraction of sp³-hybridized carbons (Fsp3) is 0.600. The first kappa shape index (κ1) is 15.2. The predicted octanol–water partition coefficient (Wildman–Crippen LogP) is 3.26. The van der Waals surface area contributed by atoms with Crippen LogP contribution in [-0.2, 0) is 13.0 Å². The molecule has 0 fully saturated rings. The fourth-order valence-corrected chi connectivity index (χ4v) is 3.53. The number of hydrogen-bond acceptors (Lipinski definition) is 4. The van der Waals surface area contributed by atoms with E-state index < -0.39 is 0 Å². The van der Waals surface area contributed by atoms with E-state index in [4.69, 9.17) is 0 Å². The molecule has 2 heterocycles. The van der Waals surface area contributed by atoms with Crippen LogP contribution in [0.5, 0.6) is 0 Å². The molecule has 2 rings (SSSR count). The van der Waals surface area contributed by atoms with Gasteiger partial charge in [-0.3, -0.25) is 0 Å². The van der Waals surface area contributed by atoms with E-state index in [-0.39, 0.29) is 0 Å². The van der Waals surface area contributed by atoms with Crippen molar-refractivity contribution in [2.45, 2.75) is 53.1 Å². The van der Waals surface area contributed by atoms with E-state index in [9.17, 15) is 0 Å². The van der Waals surface area contributed by atoms with Gasteiger partial charge in [-0.25, -0.2) is 9.97 Å². The number of aryl methyl sites for hydroxylation is 3. The van der Waals surface area contributed by atoms with E-state index in [0.717, 1.165) is 42.5 Å². The van der Waals surface area contributed by atoms with Gasteiger partial charge in [0.15, 0.2) is 0 Å². The molecule has 5 heteroatoms. The van der Waals surface area contributed by atoms with Crippen LogP contribution in [0.1, 0.15) is 47.7 Å². The maximum atomic E-state index is 4.55. The fourth-order valence-electron chi connectivity index (χ4n) is 2.53. The molecule has 0 bridgehead atoms. The number of nitrogens with zero attached hydrogens (tertiary/aromatic N) is 3. The van der Waals surface area contributed by atoms with Crippen LogP contribution in [0, 0.1) is 13.8 Å². The van der Waals surface area contributed by atoms with Gasteiger partial charge in [0.2, 0.25) is 0 Å². The van der Waals surface area contributed by atoms with Gasteiger partial charge in [-0.2, -0.15) is 0 Å². The molecule has 0 aliphatic rings. The third-order valence-corrected chi connectivity index (χ3v) is 4.55. The van der Waals surface area contributed by atoms with Crippen molar-refractivity contribution in [3.05, 3.63) is 33.8 Å². The second-order valence-corrected chi connectivity index (χ2v) is 6.27. The Morgan fingerprint density at radius 3 is 2.75 bits per heavy atom. The highest BCUT2D eigenvalue weighted by molar-refractivity contribution is 7.11. The standard InChI is InChI=1S/C15H24N4S/c1-5-8-19-9-7-17-14(19)10-13(16-6-2)15-11(3)18-12(4)20-15/h7,9,13,16H,5-6,8,10H2,1-4H3. The van der Waals surface area contributed by atoms with E-state index in [0.29, 0.717) is 6.04 Å². The highest BCUT2D eigenvalue weighted by Crippen LogP contribution is 2.27. The Kier molecular flexibility index (Phi) is 5.31. The van der Waals surface area contributed by atoms with Gasteiger partial charge >= 0.3 is 0 Å². The molecular weight excluding hydrogens is 268 g/mol. The minimum Gasteiger partial charge on any atom is -0.335 e. The zero-order valence-electron chi connectivity index (χ0n) is 12.8. The molecule has 0 amide bonds. The summed E-state index contributed by atoms with van der Waals surface area (Å²) < 4.78 is 2.26. The molecule has 4 nitrogen and oxygen atoms in total. The normalized spacial score (nSPS) is 12.8. The highest BCUT2D eigenvalue weighted by atomic mass is 32.1. The van der Waals surface area contributed by atoms with Crippen LogP contribution in [-0.4, -0.2) is 21.1 Å². The molecule has 2 aromatic rings. The van der Waals surface area contributed by atoms with Crippen molar-refractivity contribution >= 4 is 11.3 Å². The van der Waals surface area contributed by atoms with Crippen LogP contribution in [0.3, 0.4) is 0 Å². The molecule has 1 N–H and O–H groups in total. The molecule has 1 atom stereocenters. The number of aromatic nitrogens is 3. The lowest BCUT2D eigenvalue weighted by Crippen LogP contribution is -2.24. The molecule has 2 aromatic heterocycles. The maximum absolute atomic E-state index is 4.55. The molecule has 20 heavy (non-hydrogen) atoms. The number of likely N-dealkylation sites (N-methyl/N-ethyl adjacent to an activating group) is 1. The van der Waals surface area contributed by atoms with Gasteiger partial charge in [0.1, 0.15) is 5.82 Å². The lowest BCUT2D eigenvalue weighted by atomic mass is 10.1. The van der Waals surface area contributed by atoms with E-state index in [2.05, 4.69) is 53.7 Å². The van der Waals surface area contributed by atoms with Gasteiger partial charge in [-0.15, -0.1) is 11.3 Å². The monoisotopic (exact) mass is 292 g/mol. The van der Waals surface area contributed by atoms with E-state index in [1.165, 1.54) is 4.88 Å². The summed E-state index contributed by atoms with van der Waals surface area (Å²) >= 11 is 1.79. The Morgan fingerprint density at radius 1 is 1.35 bits per heavy atom. The molecule has 0 aliphatic heterocycles. The number of imidazole rings is 1. The lowest BCUT2D eigenvalue weighted by molar-refractivity contribution is 0.520. The summed E-state index contributed by atoms with van der Waals surface area (Å²) in [6, 6.07) is 0.309. The molecule has 0 aliphatic carbocycles. The summed E-state index contributed by atoms with van der Waals surface area (Å²) in [4.78, 5) is 10.4. The zero-order valence-corrected chi connectivity index (χ0v) is 13.6. The van der Waals surface area contributed by atoms with Gasteiger partial charge in [-0.05, 0) is 26.8 Å². The molecule has 110 valence electrons. The van der Waals surface area contributed by atoms with Crippen LogP contribution >= 0.6 is 11.3 Å². The summed E-state index contributed by atoms with van der Waals surface area (Å²) in [5.41, 5.74) is 1.15. The zero-order chi connectivity index (χ0) is 14.5. The lowest BCUT2D eigenvalue weighted by Gasteiger charge is -2.17. The van der Waals surface area contributed by atoms with E-state index in [1.54, 1.807) is 11.3 Å². The van der Waals surface area contributed by atoms with Crippen molar-refractivity contribution in [3.63, 3.8) is 0 Å². The first-order valence-corrected chi connectivity index (χ1v) is 8.14. The van der Waals surface area contributed by atoms with Crippen molar-refractivity contribution in [3.8, 4) is 0 Å². The molecular formula is C15H24N4S. The van der Waals surface area contributed by atoms with Gasteiger partial charge in [0, 0.05) is 30.2 Å². The van der Waals surface area contributed by atoms with Crippen molar-refractivity contribution in [2.24, 2.45) is 0 Å². The predicted molar refractivity (Wildman–Crippen MR) is 84.2 cm³/mol. The Morgan fingerprint density at radius 2 is 2.15 bits per heavy atom. The van der Waals surface area contributed by atoms with Gasteiger partial charge in [0.25, 0.3) is 0 Å². The van der Waals surface area contributed by atoms with Crippen LogP contribution < -0.4 is 5.32 Å². The minimum atomic E-state index is 0.309. The summed E-state index contributed by atoms with van der Waals surface area (Å²) in [6.07, 6.45) is 6.03. The summed E-state index contributed by atoms with van der Waals surface area (Å²) in [5.74, 6) is 1.16. The van der Waals surface area contributed by atoms with Crippen LogP contribution in [0.2, 0.25) is 0 Å². The quantitative estimate of drug-likeness (QED) is 0.852. The number of hydrogen-bond donors (Lipinski definition) is 1. The Labute approximate surface area is 125 Å². The highest BCUT2D eigenvalue weighted by Gasteiger charge is 2.19. The molecule has 0 spiro atoms. The number of thiazole rings is 1. The Bertz CT molecular complexity index is 544. The Balaban J connectivity index is 2.21. The van der Waals surface area contributed by atoms with Gasteiger partial charge < -0.3 is 9.88 Å². The van der Waals surface area contributed by atoms with Gasteiger partial charge in [0.05, 0.1) is 16.7 Å². The van der Waals surface area contributed by atoms with E-state index >= 15 is 0 Å². The third-order valence-electron chi connectivity index (χ3n) is 3.36. The van der Waals surface area contributed by atoms with Crippen molar-refractivity contribution in [2.75, 3.05) is 6.54 Å². The van der Waals surface area contributed by atoms with Crippen LogP contribution in [0.15, 0.2) is 12.4 Å². The largest absolute Gasteiger partial charge is 0.335 e. The second-order valence-electron chi connectivity index (χ2n) is 5.03. The maximum Gasteiger partial charge on any atom is 0.110 e. The summed E-state index contributed by atoms with van der Waals surface area (Å²) in [7, 11) is 0. The summed E-state index contributed by atoms with van der Waals surface area (Å²) in [6.45, 7) is 10.5. The van der Waals surface area contributed by atoms with Gasteiger partial charge in [-0.1, -0.05) is 13.8 Å². The average Bonchev–Trinajstić information content (AvgIpc) is 2.96. The van der Waals surface area contributed by atoms with Crippen LogP contribution in [0.25, 0.3) is 0 Å². The molecule has 1 unspecified atom stereocenters. The first-order chi connectivity index (χ1) is 9.65. The van der Waals surface area contributed by atoms with Crippen molar-refractivity contribution in [1.82, 2.24) is 19.9 Å². The van der Waals surface area contributed by atoms with E-state index in [1.807, 2.05) is 6.20 Å². The third kappa shape index (κ3) is 3.46. The van der Waals surface area contributed by atoms with Crippen molar-refractivity contribution in [1.29, 1.82) is 0 Å². The number of nitrogens with one attached hydrogen (secondary N) is 1. The first-order valence-electron chi connectivity index (χ1n) is 7.33. The topological polar surface area (TPSA) is 42.7 Å². The van der Waals surface area contributed by atoms with Crippen molar-refractivity contribution < 1.29 is 0 Å². The number of rotatable bonds is 7. The minimum absolute atomic E-state index is 0.309. The SMILES string of the molecule is CCCn1ccnc1CC(NCC)c1sc(C)nc1C. The second kappa shape index (κ2) is 6.99. The Hall–Kier alpha value is -1.20. The molecule has 0 aromatic carbocycles. The molecule has 0 saturated carbocycles. The summed E-state index contributed by atoms with van der Waals surface area (Å²) in [5, 5.41) is 4.71. The molecule has 0 saturated heterocycles. The smallest absolute Gasteiger partial charge is 0.110 e. The average molecular weight is 292 g/mol.